The molecular weight excluding hydrogens is 388 g/mol. The van der Waals surface area contributed by atoms with Gasteiger partial charge in [0.1, 0.15) is 12.1 Å². The fraction of sp³-hybridized carbons (Fsp3) is 0.105. The molecule has 0 atom stereocenters. The summed E-state index contributed by atoms with van der Waals surface area (Å²) in [6.45, 7) is 0. The second-order valence-corrected chi connectivity index (χ2v) is 6.08. The Kier molecular flexibility index (Phi) is 5.24. The standard InChI is InChI=1S/C19H18N8O3/c1-26-18(9-16(25-26)27-8-7-20-12-27)30-17-11-21-15(10-22-17)24-19(28)23-13-3-5-14(29-2)6-4-13/h3-12H,1-2H3,(H2,21,23,24,28). The number of carbonyl (C=O) groups excluding carboxylic acids is 1. The molecule has 0 radical (unpaired) electrons. The van der Waals surface area contributed by atoms with Crippen molar-refractivity contribution in [1.29, 1.82) is 0 Å². The Balaban J connectivity index is 1.36. The Morgan fingerprint density at radius 3 is 2.60 bits per heavy atom. The number of nitrogens with zero attached hydrogens (tertiary/aromatic N) is 6. The number of anilines is 2. The highest BCUT2D eigenvalue weighted by atomic mass is 16.5. The third kappa shape index (κ3) is 4.35. The molecule has 0 unspecified atom stereocenters. The molecule has 0 spiro atoms. The van der Waals surface area contributed by atoms with Gasteiger partial charge in [-0.05, 0) is 24.3 Å². The third-order valence-corrected chi connectivity index (χ3v) is 4.02. The largest absolute Gasteiger partial charge is 0.497 e. The van der Waals surface area contributed by atoms with Crippen molar-refractivity contribution in [3.8, 4) is 23.3 Å². The van der Waals surface area contributed by atoms with Crippen LogP contribution in [0.4, 0.5) is 16.3 Å². The summed E-state index contributed by atoms with van der Waals surface area (Å²) in [5.74, 6) is 2.37. The van der Waals surface area contributed by atoms with Crippen molar-refractivity contribution in [2.75, 3.05) is 17.7 Å². The van der Waals surface area contributed by atoms with Gasteiger partial charge in [-0.15, -0.1) is 0 Å². The van der Waals surface area contributed by atoms with Gasteiger partial charge in [0.2, 0.25) is 11.8 Å². The Bertz CT molecular complexity index is 1120. The van der Waals surface area contributed by atoms with Crippen LogP contribution in [0, 0.1) is 0 Å². The van der Waals surface area contributed by atoms with E-state index < -0.39 is 6.03 Å². The Labute approximate surface area is 171 Å². The fourth-order valence-electron chi connectivity index (χ4n) is 2.55. The van der Waals surface area contributed by atoms with Crippen molar-refractivity contribution in [3.63, 3.8) is 0 Å². The van der Waals surface area contributed by atoms with E-state index in [0.29, 0.717) is 23.1 Å². The van der Waals surface area contributed by atoms with Crippen LogP contribution in [0.2, 0.25) is 0 Å². The molecule has 0 aliphatic rings. The first-order chi connectivity index (χ1) is 14.6. The molecule has 30 heavy (non-hydrogen) atoms. The van der Waals surface area contributed by atoms with Crippen LogP contribution in [0.15, 0.2) is 61.4 Å². The van der Waals surface area contributed by atoms with E-state index in [2.05, 4.69) is 30.7 Å². The van der Waals surface area contributed by atoms with Crippen LogP contribution in [-0.2, 0) is 7.05 Å². The maximum atomic E-state index is 12.1. The molecule has 2 N–H and O–H groups in total. The molecule has 1 aromatic carbocycles. The van der Waals surface area contributed by atoms with Crippen LogP contribution >= 0.6 is 0 Å². The molecule has 11 nitrogen and oxygen atoms in total. The van der Waals surface area contributed by atoms with Crippen molar-refractivity contribution in [1.82, 2.24) is 29.3 Å². The summed E-state index contributed by atoms with van der Waals surface area (Å²) >= 11 is 0. The highest BCUT2D eigenvalue weighted by Crippen LogP contribution is 2.21. The average Bonchev–Trinajstić information content (AvgIpc) is 3.40. The number of ether oxygens (including phenoxy) is 2. The topological polar surface area (TPSA) is 121 Å². The van der Waals surface area contributed by atoms with E-state index in [1.54, 1.807) is 72.5 Å². The number of urea groups is 1. The zero-order valence-corrected chi connectivity index (χ0v) is 16.2. The highest BCUT2D eigenvalue weighted by Gasteiger charge is 2.10. The molecule has 152 valence electrons. The van der Waals surface area contributed by atoms with Gasteiger partial charge in [-0.25, -0.2) is 24.4 Å². The van der Waals surface area contributed by atoms with E-state index >= 15 is 0 Å². The Hall–Kier alpha value is -4.41. The summed E-state index contributed by atoms with van der Waals surface area (Å²) in [5.41, 5.74) is 0.617. The van der Waals surface area contributed by atoms with Crippen molar-refractivity contribution >= 4 is 17.5 Å². The zero-order valence-electron chi connectivity index (χ0n) is 16.2. The monoisotopic (exact) mass is 406 g/mol. The van der Waals surface area contributed by atoms with Crippen LogP contribution in [0.3, 0.4) is 0 Å². The van der Waals surface area contributed by atoms with Crippen LogP contribution in [0.25, 0.3) is 5.82 Å². The van der Waals surface area contributed by atoms with Crippen molar-refractivity contribution in [2.45, 2.75) is 0 Å². The van der Waals surface area contributed by atoms with Gasteiger partial charge in [-0.2, -0.15) is 5.10 Å². The Morgan fingerprint density at radius 1 is 1.10 bits per heavy atom. The molecule has 0 saturated carbocycles. The van der Waals surface area contributed by atoms with Crippen LogP contribution in [0.5, 0.6) is 17.5 Å². The van der Waals surface area contributed by atoms with E-state index in [-0.39, 0.29) is 11.7 Å². The smallest absolute Gasteiger partial charge is 0.324 e. The fourth-order valence-corrected chi connectivity index (χ4v) is 2.55. The second-order valence-electron chi connectivity index (χ2n) is 6.08. The van der Waals surface area contributed by atoms with E-state index in [0.717, 1.165) is 0 Å². The van der Waals surface area contributed by atoms with Crippen LogP contribution in [-0.4, -0.2) is 42.4 Å². The molecule has 0 fully saturated rings. The molecule has 4 aromatic rings. The molecule has 0 aliphatic carbocycles. The van der Waals surface area contributed by atoms with E-state index in [4.69, 9.17) is 9.47 Å². The van der Waals surface area contributed by atoms with Crippen LogP contribution < -0.4 is 20.1 Å². The number of imidazole rings is 1. The van der Waals surface area contributed by atoms with Gasteiger partial charge in [0.15, 0.2) is 11.6 Å². The first kappa shape index (κ1) is 18.9. The lowest BCUT2D eigenvalue weighted by molar-refractivity contribution is 0.262. The summed E-state index contributed by atoms with van der Waals surface area (Å²) in [5, 5.41) is 9.65. The maximum absolute atomic E-state index is 12.1. The number of carbonyl (C=O) groups is 1. The normalized spacial score (nSPS) is 10.5. The minimum Gasteiger partial charge on any atom is -0.497 e. The zero-order chi connectivity index (χ0) is 20.9. The average molecular weight is 406 g/mol. The van der Waals surface area contributed by atoms with Gasteiger partial charge < -0.3 is 14.8 Å². The van der Waals surface area contributed by atoms with Gasteiger partial charge in [-0.1, -0.05) is 0 Å². The molecular formula is C19H18N8O3. The Morgan fingerprint density at radius 2 is 1.93 bits per heavy atom. The predicted octanol–water partition coefficient (Wildman–Crippen LogP) is 2.84. The number of hydrogen-bond acceptors (Lipinski definition) is 7. The number of aryl methyl sites for hydroxylation is 1. The third-order valence-electron chi connectivity index (χ3n) is 4.02. The molecule has 4 rings (SSSR count). The molecule has 3 heterocycles. The van der Waals surface area contributed by atoms with E-state index in [1.165, 1.54) is 12.4 Å². The maximum Gasteiger partial charge on any atom is 0.324 e. The minimum atomic E-state index is -0.445. The summed E-state index contributed by atoms with van der Waals surface area (Å²) in [4.78, 5) is 24.4. The van der Waals surface area contributed by atoms with E-state index in [9.17, 15) is 4.79 Å². The summed E-state index contributed by atoms with van der Waals surface area (Å²) in [6.07, 6.45) is 7.90. The van der Waals surface area contributed by atoms with Gasteiger partial charge >= 0.3 is 6.03 Å². The van der Waals surface area contributed by atoms with Gasteiger partial charge in [-0.3, -0.25) is 9.88 Å². The molecule has 0 bridgehead atoms. The lowest BCUT2D eigenvalue weighted by Gasteiger charge is -2.08. The second kappa shape index (κ2) is 8.31. The number of benzene rings is 1. The van der Waals surface area contributed by atoms with Gasteiger partial charge in [0, 0.05) is 31.2 Å². The first-order valence-corrected chi connectivity index (χ1v) is 8.85. The highest BCUT2D eigenvalue weighted by molar-refractivity contribution is 5.99. The molecule has 2 amide bonds. The SMILES string of the molecule is COc1ccc(NC(=O)Nc2cnc(Oc3cc(-n4ccnc4)nn3C)cn2)cc1. The van der Waals surface area contributed by atoms with Crippen molar-refractivity contribution in [3.05, 3.63) is 61.4 Å². The number of nitrogens with one attached hydrogen (secondary N) is 2. The van der Waals surface area contributed by atoms with Crippen LogP contribution in [0.1, 0.15) is 0 Å². The number of hydrogen-bond donors (Lipinski definition) is 2. The predicted molar refractivity (Wildman–Crippen MR) is 108 cm³/mol. The number of aromatic nitrogens is 6. The molecule has 0 saturated heterocycles. The molecule has 3 aromatic heterocycles. The number of rotatable bonds is 6. The van der Waals surface area contributed by atoms with Crippen molar-refractivity contribution < 1.29 is 14.3 Å². The lowest BCUT2D eigenvalue weighted by Crippen LogP contribution is -2.20. The van der Waals surface area contributed by atoms with Gasteiger partial charge in [0.05, 0.1) is 19.5 Å². The lowest BCUT2D eigenvalue weighted by atomic mass is 10.3. The minimum absolute atomic E-state index is 0.260. The summed E-state index contributed by atoms with van der Waals surface area (Å²) in [7, 11) is 3.33. The van der Waals surface area contributed by atoms with Crippen molar-refractivity contribution in [2.24, 2.45) is 7.05 Å². The number of amides is 2. The van der Waals surface area contributed by atoms with E-state index in [1.807, 2.05) is 0 Å². The molecule has 0 aliphatic heterocycles. The quantitative estimate of drug-likeness (QED) is 0.505. The first-order valence-electron chi connectivity index (χ1n) is 8.85. The number of methoxy groups -OCH3 is 1. The summed E-state index contributed by atoms with van der Waals surface area (Å²) < 4.78 is 14.1. The van der Waals surface area contributed by atoms with Gasteiger partial charge in [0.25, 0.3) is 0 Å². The summed E-state index contributed by atoms with van der Waals surface area (Å²) in [6, 6.07) is 8.26. The molecule has 11 heteroatoms.